The Morgan fingerprint density at radius 1 is 1.38 bits per heavy atom. The topological polar surface area (TPSA) is 37.8 Å². The molecule has 0 atom stereocenters. The lowest BCUT2D eigenvalue weighted by Gasteiger charge is -2.12. The fourth-order valence-corrected chi connectivity index (χ4v) is 1.68. The summed E-state index contributed by atoms with van der Waals surface area (Å²) in [6, 6.07) is 0.492. The van der Waals surface area contributed by atoms with Gasteiger partial charge in [0, 0.05) is 12.2 Å². The molecular weight excluding hydrogens is 230 g/mol. The van der Waals surface area contributed by atoms with Crippen LogP contribution < -0.4 is 5.32 Å². The predicted molar refractivity (Wildman–Crippen MR) is 55.5 cm³/mol. The second kappa shape index (κ2) is 3.87. The molecule has 0 aromatic carbocycles. The van der Waals surface area contributed by atoms with Gasteiger partial charge in [-0.2, -0.15) is 0 Å². The van der Waals surface area contributed by atoms with E-state index in [0.29, 0.717) is 6.04 Å². The van der Waals surface area contributed by atoms with Crippen LogP contribution in [0.1, 0.15) is 12.8 Å². The van der Waals surface area contributed by atoms with Crippen LogP contribution in [0.25, 0.3) is 0 Å². The van der Waals surface area contributed by atoms with Crippen molar-refractivity contribution in [3.05, 3.63) is 29.1 Å². The van der Waals surface area contributed by atoms with Gasteiger partial charge in [-0.15, -0.1) is 0 Å². The van der Waals surface area contributed by atoms with Crippen LogP contribution in [0.4, 0.5) is 5.82 Å². The lowest BCUT2D eigenvalue weighted by Crippen LogP contribution is -2.16. The van der Waals surface area contributed by atoms with Crippen LogP contribution in [0.2, 0.25) is 0 Å². The Morgan fingerprint density at radius 3 is 2.85 bits per heavy atom. The van der Waals surface area contributed by atoms with Crippen molar-refractivity contribution in [2.45, 2.75) is 18.9 Å². The van der Waals surface area contributed by atoms with Crippen molar-refractivity contribution in [3.63, 3.8) is 0 Å². The summed E-state index contributed by atoms with van der Waals surface area (Å²) in [5, 5.41) is 3.35. The van der Waals surface area contributed by atoms with Gasteiger partial charge in [0.1, 0.15) is 12.1 Å². The highest BCUT2D eigenvalue weighted by molar-refractivity contribution is 9.10. The molecule has 0 radical (unpaired) electrons. The van der Waals surface area contributed by atoms with Crippen molar-refractivity contribution in [2.75, 3.05) is 5.32 Å². The maximum absolute atomic E-state index is 4.14. The van der Waals surface area contributed by atoms with Crippen molar-refractivity contribution >= 4 is 21.7 Å². The third kappa shape index (κ3) is 2.06. The first-order valence-corrected chi connectivity index (χ1v) is 5.02. The van der Waals surface area contributed by atoms with Gasteiger partial charge in [0.05, 0.1) is 4.47 Å². The molecule has 0 unspecified atom stereocenters. The van der Waals surface area contributed by atoms with E-state index in [1.54, 1.807) is 12.5 Å². The van der Waals surface area contributed by atoms with Crippen molar-refractivity contribution in [1.82, 2.24) is 9.97 Å². The molecule has 0 spiro atoms. The Kier molecular flexibility index (Phi) is 2.59. The quantitative estimate of drug-likeness (QED) is 0.806. The van der Waals surface area contributed by atoms with Gasteiger partial charge in [-0.05, 0) is 28.8 Å². The molecule has 1 N–H and O–H groups in total. The number of nitrogens with one attached hydrogen (secondary N) is 1. The van der Waals surface area contributed by atoms with Crippen LogP contribution >= 0.6 is 15.9 Å². The van der Waals surface area contributed by atoms with Gasteiger partial charge in [-0.3, -0.25) is 0 Å². The minimum Gasteiger partial charge on any atom is -0.366 e. The van der Waals surface area contributed by atoms with Crippen molar-refractivity contribution in [1.29, 1.82) is 0 Å². The Morgan fingerprint density at radius 2 is 2.15 bits per heavy atom. The zero-order valence-corrected chi connectivity index (χ0v) is 8.66. The van der Waals surface area contributed by atoms with Crippen molar-refractivity contribution in [3.8, 4) is 0 Å². The normalized spacial score (nSPS) is 16.4. The Labute approximate surface area is 85.4 Å². The summed E-state index contributed by atoms with van der Waals surface area (Å²) in [6.07, 6.45) is 9.83. The molecule has 2 rings (SSSR count). The van der Waals surface area contributed by atoms with E-state index in [2.05, 4.69) is 43.4 Å². The molecule has 0 saturated carbocycles. The number of aromatic nitrogens is 2. The van der Waals surface area contributed by atoms with Gasteiger partial charge in [0.2, 0.25) is 0 Å². The molecule has 68 valence electrons. The summed E-state index contributed by atoms with van der Waals surface area (Å²) in [7, 11) is 0. The van der Waals surface area contributed by atoms with E-state index in [4.69, 9.17) is 0 Å². The van der Waals surface area contributed by atoms with Crippen LogP contribution in [0, 0.1) is 0 Å². The second-order valence-electron chi connectivity index (χ2n) is 3.00. The summed E-state index contributed by atoms with van der Waals surface area (Å²) in [6.45, 7) is 0. The molecule has 3 nitrogen and oxygen atoms in total. The van der Waals surface area contributed by atoms with Crippen LogP contribution in [0.15, 0.2) is 29.1 Å². The summed E-state index contributed by atoms with van der Waals surface area (Å²) < 4.78 is 0.918. The highest BCUT2D eigenvalue weighted by Gasteiger charge is 2.11. The molecule has 0 amide bonds. The number of hydrogen-bond acceptors (Lipinski definition) is 3. The average Bonchev–Trinajstić information content (AvgIpc) is 2.61. The molecule has 0 bridgehead atoms. The van der Waals surface area contributed by atoms with E-state index in [1.165, 1.54) is 0 Å². The SMILES string of the molecule is Brc1cncnc1NC1CC=CC1. The Balaban J connectivity index is 2.05. The highest BCUT2D eigenvalue weighted by atomic mass is 79.9. The molecule has 1 aromatic heterocycles. The summed E-state index contributed by atoms with van der Waals surface area (Å²) >= 11 is 3.40. The van der Waals surface area contributed by atoms with E-state index >= 15 is 0 Å². The van der Waals surface area contributed by atoms with E-state index in [9.17, 15) is 0 Å². The van der Waals surface area contributed by atoms with E-state index in [0.717, 1.165) is 23.1 Å². The number of hydrogen-bond donors (Lipinski definition) is 1. The maximum Gasteiger partial charge on any atom is 0.143 e. The first-order chi connectivity index (χ1) is 6.36. The molecule has 1 aliphatic carbocycles. The van der Waals surface area contributed by atoms with E-state index in [-0.39, 0.29) is 0 Å². The van der Waals surface area contributed by atoms with Gasteiger partial charge in [-0.25, -0.2) is 9.97 Å². The highest BCUT2D eigenvalue weighted by Crippen LogP contribution is 2.21. The molecule has 1 aliphatic rings. The number of halogens is 1. The lowest BCUT2D eigenvalue weighted by atomic mass is 10.2. The smallest absolute Gasteiger partial charge is 0.143 e. The first-order valence-electron chi connectivity index (χ1n) is 4.23. The minimum atomic E-state index is 0.492. The van der Waals surface area contributed by atoms with Gasteiger partial charge >= 0.3 is 0 Å². The zero-order valence-electron chi connectivity index (χ0n) is 7.07. The first kappa shape index (κ1) is 8.69. The molecule has 1 heterocycles. The maximum atomic E-state index is 4.14. The third-order valence-corrected chi connectivity index (χ3v) is 2.60. The Hall–Kier alpha value is -0.900. The second-order valence-corrected chi connectivity index (χ2v) is 3.86. The van der Waals surface area contributed by atoms with Gasteiger partial charge in [0.25, 0.3) is 0 Å². The molecule has 13 heavy (non-hydrogen) atoms. The molecular formula is C9H10BrN3. The van der Waals surface area contributed by atoms with Gasteiger partial charge < -0.3 is 5.32 Å². The average molecular weight is 240 g/mol. The summed E-state index contributed by atoms with van der Waals surface area (Å²) in [4.78, 5) is 8.05. The fourth-order valence-electron chi connectivity index (χ4n) is 1.35. The number of rotatable bonds is 2. The summed E-state index contributed by atoms with van der Waals surface area (Å²) in [5.41, 5.74) is 0. The fraction of sp³-hybridized carbons (Fsp3) is 0.333. The van der Waals surface area contributed by atoms with Gasteiger partial charge in [-0.1, -0.05) is 12.2 Å². The van der Waals surface area contributed by atoms with Crippen LogP contribution in [0.3, 0.4) is 0 Å². The predicted octanol–water partition coefficient (Wildman–Crippen LogP) is 2.37. The standard InChI is InChI=1S/C9H10BrN3/c10-8-5-11-6-12-9(8)13-7-3-1-2-4-7/h1-2,5-7H,3-4H2,(H,11,12,13). The largest absolute Gasteiger partial charge is 0.366 e. The molecule has 0 fully saturated rings. The monoisotopic (exact) mass is 239 g/mol. The van der Waals surface area contributed by atoms with E-state index < -0.39 is 0 Å². The molecule has 0 saturated heterocycles. The number of anilines is 1. The van der Waals surface area contributed by atoms with Crippen molar-refractivity contribution in [2.24, 2.45) is 0 Å². The molecule has 4 heteroatoms. The summed E-state index contributed by atoms with van der Waals surface area (Å²) in [5.74, 6) is 0.878. The third-order valence-electron chi connectivity index (χ3n) is 2.02. The lowest BCUT2D eigenvalue weighted by molar-refractivity contribution is 0.778. The molecule has 0 aliphatic heterocycles. The van der Waals surface area contributed by atoms with Crippen LogP contribution in [0.5, 0.6) is 0 Å². The minimum absolute atomic E-state index is 0.492. The van der Waals surface area contributed by atoms with Gasteiger partial charge in [0.15, 0.2) is 0 Å². The Bertz CT molecular complexity index is 316. The van der Waals surface area contributed by atoms with Crippen LogP contribution in [-0.4, -0.2) is 16.0 Å². The number of nitrogens with zero attached hydrogens (tertiary/aromatic N) is 2. The molecule has 1 aromatic rings. The zero-order chi connectivity index (χ0) is 9.10. The van der Waals surface area contributed by atoms with Crippen molar-refractivity contribution < 1.29 is 0 Å². The van der Waals surface area contributed by atoms with E-state index in [1.807, 2.05) is 0 Å². The van der Waals surface area contributed by atoms with Crippen LogP contribution in [-0.2, 0) is 0 Å².